The van der Waals surface area contributed by atoms with Crippen molar-refractivity contribution in [3.63, 3.8) is 0 Å². The Kier molecular flexibility index (Phi) is 4.37. The predicted octanol–water partition coefficient (Wildman–Crippen LogP) is 3.96. The molecule has 104 valence electrons. The second-order valence-electron chi connectivity index (χ2n) is 3.94. The highest BCUT2D eigenvalue weighted by molar-refractivity contribution is 6.42. The summed E-state index contributed by atoms with van der Waals surface area (Å²) >= 11 is 11.7. The van der Waals surface area contributed by atoms with Gasteiger partial charge in [0.1, 0.15) is 17.1 Å². The number of halogens is 2. The third kappa shape index (κ3) is 2.98. The van der Waals surface area contributed by atoms with Crippen LogP contribution in [0.25, 0.3) is 0 Å². The second-order valence-corrected chi connectivity index (χ2v) is 4.75. The molecule has 0 unspecified atom stereocenters. The molecule has 6 heteroatoms. The summed E-state index contributed by atoms with van der Waals surface area (Å²) in [6.45, 7) is 0. The highest BCUT2D eigenvalue weighted by Gasteiger charge is 2.17. The van der Waals surface area contributed by atoms with Gasteiger partial charge in [-0.2, -0.15) is 0 Å². The van der Waals surface area contributed by atoms with Crippen LogP contribution in [0.5, 0.6) is 11.5 Å². The van der Waals surface area contributed by atoms with Gasteiger partial charge in [0.2, 0.25) is 0 Å². The van der Waals surface area contributed by atoms with Crippen molar-refractivity contribution in [2.75, 3.05) is 12.4 Å². The molecule has 0 radical (unpaired) electrons. The third-order valence-corrected chi connectivity index (χ3v) is 3.37. The van der Waals surface area contributed by atoms with Crippen molar-refractivity contribution in [1.29, 1.82) is 0 Å². The Balaban J connectivity index is 2.30. The van der Waals surface area contributed by atoms with Crippen LogP contribution in [0, 0.1) is 0 Å². The number of hydrogen-bond donors (Lipinski definition) is 2. The molecule has 0 aliphatic carbocycles. The van der Waals surface area contributed by atoms with E-state index in [1.807, 2.05) is 0 Å². The van der Waals surface area contributed by atoms with Crippen LogP contribution < -0.4 is 10.1 Å². The number of benzene rings is 2. The van der Waals surface area contributed by atoms with Gasteiger partial charge in [0.15, 0.2) is 0 Å². The van der Waals surface area contributed by atoms with Crippen LogP contribution in [0.15, 0.2) is 36.4 Å². The maximum atomic E-state index is 12.2. The number of amides is 1. The van der Waals surface area contributed by atoms with Gasteiger partial charge in [0.25, 0.3) is 5.91 Å². The first kappa shape index (κ1) is 14.5. The quantitative estimate of drug-likeness (QED) is 0.902. The van der Waals surface area contributed by atoms with Crippen molar-refractivity contribution >= 4 is 34.8 Å². The van der Waals surface area contributed by atoms with Crippen LogP contribution in [0.4, 0.5) is 5.69 Å². The molecule has 0 saturated carbocycles. The zero-order valence-electron chi connectivity index (χ0n) is 10.5. The van der Waals surface area contributed by atoms with Crippen molar-refractivity contribution in [1.82, 2.24) is 0 Å². The normalized spacial score (nSPS) is 10.2. The number of anilines is 1. The highest BCUT2D eigenvalue weighted by Crippen LogP contribution is 2.29. The minimum absolute atomic E-state index is 0.0565. The second kappa shape index (κ2) is 6.03. The van der Waals surface area contributed by atoms with Gasteiger partial charge in [-0.1, -0.05) is 29.3 Å². The number of methoxy groups -OCH3 is 1. The van der Waals surface area contributed by atoms with Gasteiger partial charge in [-0.25, -0.2) is 0 Å². The number of rotatable bonds is 3. The SMILES string of the molecule is COc1cccc(O)c1C(=O)Nc1ccc(Cl)c(Cl)c1. The molecule has 2 aromatic rings. The Hall–Kier alpha value is -1.91. The molecule has 0 atom stereocenters. The summed E-state index contributed by atoms with van der Waals surface area (Å²) in [4.78, 5) is 12.2. The standard InChI is InChI=1S/C14H11Cl2NO3/c1-20-12-4-2-3-11(18)13(12)14(19)17-8-5-6-9(15)10(16)7-8/h2-7,18H,1H3,(H,17,19). The van der Waals surface area contributed by atoms with E-state index >= 15 is 0 Å². The maximum Gasteiger partial charge on any atom is 0.263 e. The number of phenolic OH excluding ortho intramolecular Hbond substituents is 1. The van der Waals surface area contributed by atoms with E-state index in [1.54, 1.807) is 24.3 Å². The molecule has 2 N–H and O–H groups in total. The lowest BCUT2D eigenvalue weighted by molar-refractivity contribution is 0.102. The fourth-order valence-corrected chi connectivity index (χ4v) is 1.98. The highest BCUT2D eigenvalue weighted by atomic mass is 35.5. The molecule has 0 bridgehead atoms. The summed E-state index contributed by atoms with van der Waals surface area (Å²) in [6, 6.07) is 9.29. The summed E-state index contributed by atoms with van der Waals surface area (Å²) in [5, 5.41) is 13.1. The number of aromatic hydroxyl groups is 1. The molecule has 2 aromatic carbocycles. The van der Waals surface area contributed by atoms with E-state index in [0.717, 1.165) is 0 Å². The summed E-state index contributed by atoms with van der Waals surface area (Å²) < 4.78 is 5.06. The lowest BCUT2D eigenvalue weighted by atomic mass is 10.1. The lowest BCUT2D eigenvalue weighted by Gasteiger charge is -2.11. The monoisotopic (exact) mass is 311 g/mol. The summed E-state index contributed by atoms with van der Waals surface area (Å²) in [5.41, 5.74) is 0.524. The number of ether oxygens (including phenoxy) is 1. The van der Waals surface area contributed by atoms with E-state index in [9.17, 15) is 9.90 Å². The maximum absolute atomic E-state index is 12.2. The van der Waals surface area contributed by atoms with E-state index in [0.29, 0.717) is 15.7 Å². The number of hydrogen-bond acceptors (Lipinski definition) is 3. The van der Waals surface area contributed by atoms with E-state index < -0.39 is 5.91 Å². The van der Waals surface area contributed by atoms with Crippen LogP contribution in [0.3, 0.4) is 0 Å². The predicted molar refractivity (Wildman–Crippen MR) is 79.1 cm³/mol. The molecular weight excluding hydrogens is 301 g/mol. The van der Waals surface area contributed by atoms with E-state index in [4.69, 9.17) is 27.9 Å². The van der Waals surface area contributed by atoms with Crippen molar-refractivity contribution < 1.29 is 14.6 Å². The van der Waals surface area contributed by atoms with Crippen LogP contribution in [-0.4, -0.2) is 18.1 Å². The first-order chi connectivity index (χ1) is 9.52. The summed E-state index contributed by atoms with van der Waals surface area (Å²) in [6.07, 6.45) is 0. The molecule has 0 aliphatic rings. The van der Waals surface area contributed by atoms with Gasteiger partial charge in [-0.15, -0.1) is 0 Å². The zero-order chi connectivity index (χ0) is 14.7. The molecule has 1 amide bonds. The lowest BCUT2D eigenvalue weighted by Crippen LogP contribution is -2.13. The molecule has 0 aromatic heterocycles. The molecule has 0 heterocycles. The molecule has 0 saturated heterocycles. The minimum Gasteiger partial charge on any atom is -0.507 e. The average Bonchev–Trinajstić information content (AvgIpc) is 2.42. The van der Waals surface area contributed by atoms with Crippen LogP contribution in [0.1, 0.15) is 10.4 Å². The summed E-state index contributed by atoms with van der Waals surface area (Å²) in [7, 11) is 1.42. The Labute approximate surface area is 125 Å². The van der Waals surface area contributed by atoms with Crippen molar-refractivity contribution in [3.8, 4) is 11.5 Å². The van der Waals surface area contributed by atoms with Gasteiger partial charge in [0.05, 0.1) is 17.2 Å². The smallest absolute Gasteiger partial charge is 0.263 e. The zero-order valence-corrected chi connectivity index (χ0v) is 12.0. The van der Waals surface area contributed by atoms with Gasteiger partial charge in [0, 0.05) is 5.69 Å². The molecule has 20 heavy (non-hydrogen) atoms. The Bertz CT molecular complexity index is 659. The van der Waals surface area contributed by atoms with Crippen molar-refractivity contribution in [3.05, 3.63) is 52.0 Å². The van der Waals surface area contributed by atoms with Crippen LogP contribution >= 0.6 is 23.2 Å². The average molecular weight is 312 g/mol. The number of phenols is 1. The molecule has 0 fully saturated rings. The molecular formula is C14H11Cl2NO3. The van der Waals surface area contributed by atoms with Crippen LogP contribution in [-0.2, 0) is 0 Å². The Morgan fingerprint density at radius 2 is 1.95 bits per heavy atom. The van der Waals surface area contributed by atoms with E-state index in [1.165, 1.54) is 19.2 Å². The summed E-state index contributed by atoms with van der Waals surface area (Å²) in [5.74, 6) is -0.386. The number of nitrogens with one attached hydrogen (secondary N) is 1. The molecule has 0 spiro atoms. The van der Waals surface area contributed by atoms with Crippen molar-refractivity contribution in [2.45, 2.75) is 0 Å². The molecule has 2 rings (SSSR count). The van der Waals surface area contributed by atoms with Gasteiger partial charge in [-0.3, -0.25) is 4.79 Å². The fraction of sp³-hybridized carbons (Fsp3) is 0.0714. The van der Waals surface area contributed by atoms with E-state index in [2.05, 4.69) is 5.32 Å². The first-order valence-electron chi connectivity index (χ1n) is 5.65. The third-order valence-electron chi connectivity index (χ3n) is 2.63. The molecule has 0 aliphatic heterocycles. The molecule has 4 nitrogen and oxygen atoms in total. The van der Waals surface area contributed by atoms with E-state index in [-0.39, 0.29) is 17.1 Å². The Morgan fingerprint density at radius 1 is 1.20 bits per heavy atom. The van der Waals surface area contributed by atoms with Crippen LogP contribution in [0.2, 0.25) is 10.0 Å². The van der Waals surface area contributed by atoms with Crippen molar-refractivity contribution in [2.24, 2.45) is 0 Å². The topological polar surface area (TPSA) is 58.6 Å². The Morgan fingerprint density at radius 3 is 2.60 bits per heavy atom. The largest absolute Gasteiger partial charge is 0.507 e. The number of carbonyl (C=O) groups excluding carboxylic acids is 1. The van der Waals surface area contributed by atoms with Gasteiger partial charge >= 0.3 is 0 Å². The van der Waals surface area contributed by atoms with Gasteiger partial charge < -0.3 is 15.2 Å². The van der Waals surface area contributed by atoms with Gasteiger partial charge in [-0.05, 0) is 30.3 Å². The minimum atomic E-state index is -0.502. The fourth-order valence-electron chi connectivity index (χ4n) is 1.69. The first-order valence-corrected chi connectivity index (χ1v) is 6.41. The number of carbonyl (C=O) groups is 1.